The molecule has 144 valence electrons. The van der Waals surface area contributed by atoms with Gasteiger partial charge in [-0.15, -0.1) is 0 Å². The minimum Gasteiger partial charge on any atom is -0.493 e. The van der Waals surface area contributed by atoms with Crippen LogP contribution in [0.1, 0.15) is 11.1 Å². The van der Waals surface area contributed by atoms with Gasteiger partial charge in [0, 0.05) is 5.02 Å². The summed E-state index contributed by atoms with van der Waals surface area (Å²) in [6.07, 6.45) is 3.24. The summed E-state index contributed by atoms with van der Waals surface area (Å²) in [4.78, 5) is 24.6. The number of hydrogen-bond acceptors (Lipinski definition) is 5. The summed E-state index contributed by atoms with van der Waals surface area (Å²) in [5.74, 6) is 0.400. The Balaban J connectivity index is 2.09. The number of hydrogen-bond donors (Lipinski definition) is 1. The van der Waals surface area contributed by atoms with Crippen molar-refractivity contribution in [1.82, 2.24) is 5.32 Å². The second-order valence-electron chi connectivity index (χ2n) is 5.91. The Labute approximate surface area is 167 Å². The average Bonchev–Trinajstić information content (AvgIpc) is 2.95. The van der Waals surface area contributed by atoms with E-state index in [0.717, 1.165) is 5.56 Å². The van der Waals surface area contributed by atoms with Crippen molar-refractivity contribution in [2.45, 2.75) is 0 Å². The Morgan fingerprint density at radius 1 is 0.786 bits per heavy atom. The van der Waals surface area contributed by atoms with E-state index in [4.69, 9.17) is 25.8 Å². The number of carbonyl (C=O) groups is 2. The van der Waals surface area contributed by atoms with Crippen LogP contribution in [0.2, 0.25) is 5.02 Å². The van der Waals surface area contributed by atoms with Crippen molar-refractivity contribution in [2.75, 3.05) is 21.3 Å². The molecule has 2 amide bonds. The quantitative estimate of drug-likeness (QED) is 0.615. The second kappa shape index (κ2) is 8.19. The molecule has 0 radical (unpaired) electrons. The second-order valence-corrected chi connectivity index (χ2v) is 6.35. The van der Waals surface area contributed by atoms with Crippen LogP contribution in [0.15, 0.2) is 47.5 Å². The van der Waals surface area contributed by atoms with Gasteiger partial charge in [0.1, 0.15) is 0 Å². The van der Waals surface area contributed by atoms with Crippen LogP contribution in [0.5, 0.6) is 17.2 Å². The zero-order valence-electron chi connectivity index (χ0n) is 15.5. The molecule has 0 spiro atoms. The minimum absolute atomic E-state index is 0.245. The highest BCUT2D eigenvalue weighted by molar-refractivity contribution is 6.30. The van der Waals surface area contributed by atoms with E-state index in [1.807, 2.05) is 0 Å². The van der Waals surface area contributed by atoms with Crippen molar-refractivity contribution in [2.24, 2.45) is 0 Å². The van der Waals surface area contributed by atoms with E-state index in [2.05, 4.69) is 5.32 Å². The number of nitrogens with one attached hydrogen (secondary N) is 1. The first-order chi connectivity index (χ1) is 13.5. The molecule has 2 aromatic rings. The zero-order chi connectivity index (χ0) is 20.3. The van der Waals surface area contributed by atoms with Crippen molar-refractivity contribution in [3.8, 4) is 17.2 Å². The molecule has 3 rings (SSSR count). The molecule has 1 N–H and O–H groups in total. The van der Waals surface area contributed by atoms with Crippen LogP contribution in [0.4, 0.5) is 0 Å². The summed E-state index contributed by atoms with van der Waals surface area (Å²) in [5.41, 5.74) is 1.88. The van der Waals surface area contributed by atoms with E-state index < -0.39 is 11.8 Å². The van der Waals surface area contributed by atoms with Gasteiger partial charge in [0.2, 0.25) is 5.75 Å². The van der Waals surface area contributed by atoms with E-state index in [0.29, 0.717) is 27.8 Å². The summed E-state index contributed by atoms with van der Waals surface area (Å²) >= 11 is 5.90. The maximum atomic E-state index is 12.3. The number of methoxy groups -OCH3 is 3. The van der Waals surface area contributed by atoms with Crippen LogP contribution < -0.4 is 19.5 Å². The third kappa shape index (κ3) is 3.87. The van der Waals surface area contributed by atoms with Crippen molar-refractivity contribution in [1.29, 1.82) is 0 Å². The van der Waals surface area contributed by atoms with E-state index in [9.17, 15) is 9.59 Å². The lowest BCUT2D eigenvalue weighted by Crippen LogP contribution is -2.19. The van der Waals surface area contributed by atoms with Gasteiger partial charge in [-0.25, -0.2) is 0 Å². The number of carbonyl (C=O) groups excluding carboxylic acids is 2. The fourth-order valence-electron chi connectivity index (χ4n) is 2.85. The standard InChI is InChI=1S/C21H18ClNO5/c1-26-17-10-13(11-18(27-2)19(17)28-3)9-16-15(20(24)23-21(16)25)8-12-4-6-14(22)7-5-12/h4-11H,1-3H3,(H,23,24,25)/b15-8?,16-9+. The first-order valence-electron chi connectivity index (χ1n) is 8.32. The Bertz CT molecular complexity index is 967. The van der Waals surface area contributed by atoms with Gasteiger partial charge in [0.25, 0.3) is 11.8 Å². The highest BCUT2D eigenvalue weighted by atomic mass is 35.5. The number of imide groups is 1. The number of rotatable bonds is 5. The molecule has 1 aliphatic rings. The number of halogens is 1. The maximum absolute atomic E-state index is 12.3. The Morgan fingerprint density at radius 2 is 1.29 bits per heavy atom. The summed E-state index contributed by atoms with van der Waals surface area (Å²) in [7, 11) is 4.52. The summed E-state index contributed by atoms with van der Waals surface area (Å²) in [6, 6.07) is 10.4. The lowest BCUT2D eigenvalue weighted by molar-refractivity contribution is -0.123. The molecule has 0 bridgehead atoms. The molecule has 2 aromatic carbocycles. The van der Waals surface area contributed by atoms with Gasteiger partial charge in [0.05, 0.1) is 32.5 Å². The highest BCUT2D eigenvalue weighted by Gasteiger charge is 2.30. The smallest absolute Gasteiger partial charge is 0.258 e. The SMILES string of the molecule is COc1cc(/C=C2/C(=O)NC(=O)C2=Cc2ccc(Cl)cc2)cc(OC)c1OC. The first-order valence-corrected chi connectivity index (χ1v) is 8.69. The Morgan fingerprint density at radius 3 is 1.75 bits per heavy atom. The van der Waals surface area contributed by atoms with Gasteiger partial charge < -0.3 is 14.2 Å². The third-order valence-corrected chi connectivity index (χ3v) is 4.44. The molecule has 1 heterocycles. The summed E-state index contributed by atoms with van der Waals surface area (Å²) < 4.78 is 16.0. The lowest BCUT2D eigenvalue weighted by atomic mass is 10.0. The molecule has 0 atom stereocenters. The average molecular weight is 400 g/mol. The van der Waals surface area contributed by atoms with E-state index in [-0.39, 0.29) is 11.1 Å². The molecule has 0 aromatic heterocycles. The Hall–Kier alpha value is -3.25. The molecule has 0 saturated carbocycles. The maximum Gasteiger partial charge on any atom is 0.258 e. The molecule has 28 heavy (non-hydrogen) atoms. The fourth-order valence-corrected chi connectivity index (χ4v) is 2.97. The predicted molar refractivity (Wildman–Crippen MR) is 107 cm³/mol. The summed E-state index contributed by atoms with van der Waals surface area (Å²) in [6.45, 7) is 0. The Kier molecular flexibility index (Phi) is 5.70. The first kappa shape index (κ1) is 19.5. The largest absolute Gasteiger partial charge is 0.493 e. The van der Waals surface area contributed by atoms with Crippen LogP contribution in [0, 0.1) is 0 Å². The molecule has 7 heteroatoms. The molecule has 1 saturated heterocycles. The number of benzene rings is 2. The van der Waals surface area contributed by atoms with Crippen molar-refractivity contribution in [3.63, 3.8) is 0 Å². The monoisotopic (exact) mass is 399 g/mol. The van der Waals surface area contributed by atoms with Crippen molar-refractivity contribution < 1.29 is 23.8 Å². The molecule has 6 nitrogen and oxygen atoms in total. The highest BCUT2D eigenvalue weighted by Crippen LogP contribution is 2.39. The number of ether oxygens (including phenoxy) is 3. The minimum atomic E-state index is -0.473. The van der Waals surface area contributed by atoms with E-state index in [1.54, 1.807) is 48.6 Å². The van der Waals surface area contributed by atoms with Gasteiger partial charge in [-0.3, -0.25) is 14.9 Å². The van der Waals surface area contributed by atoms with Gasteiger partial charge in [-0.2, -0.15) is 0 Å². The zero-order valence-corrected chi connectivity index (χ0v) is 16.3. The topological polar surface area (TPSA) is 73.9 Å². The van der Waals surface area contributed by atoms with Gasteiger partial charge in [-0.1, -0.05) is 23.7 Å². The molecular formula is C21H18ClNO5. The number of amides is 2. The van der Waals surface area contributed by atoms with Crippen LogP contribution in [-0.2, 0) is 9.59 Å². The van der Waals surface area contributed by atoms with Crippen LogP contribution in [-0.4, -0.2) is 33.1 Å². The van der Waals surface area contributed by atoms with Crippen molar-refractivity contribution in [3.05, 3.63) is 63.7 Å². The predicted octanol–water partition coefficient (Wildman–Crippen LogP) is 3.49. The van der Waals surface area contributed by atoms with Crippen LogP contribution in [0.25, 0.3) is 12.2 Å². The van der Waals surface area contributed by atoms with Gasteiger partial charge in [-0.05, 0) is 47.5 Å². The molecule has 0 aliphatic carbocycles. The third-order valence-electron chi connectivity index (χ3n) is 4.19. The lowest BCUT2D eigenvalue weighted by Gasteiger charge is -2.13. The van der Waals surface area contributed by atoms with E-state index in [1.165, 1.54) is 21.3 Å². The van der Waals surface area contributed by atoms with Gasteiger partial charge >= 0.3 is 0 Å². The normalized spacial score (nSPS) is 16.4. The van der Waals surface area contributed by atoms with Crippen molar-refractivity contribution >= 4 is 35.6 Å². The summed E-state index contributed by atoms with van der Waals surface area (Å²) in [5, 5.41) is 2.91. The van der Waals surface area contributed by atoms with Crippen LogP contribution >= 0.6 is 11.6 Å². The van der Waals surface area contributed by atoms with E-state index >= 15 is 0 Å². The van der Waals surface area contributed by atoms with Crippen LogP contribution in [0.3, 0.4) is 0 Å². The fraction of sp³-hybridized carbons (Fsp3) is 0.143. The molecule has 0 unspecified atom stereocenters. The molecular weight excluding hydrogens is 382 g/mol. The molecule has 1 fully saturated rings. The van der Waals surface area contributed by atoms with Gasteiger partial charge in [0.15, 0.2) is 11.5 Å². The molecule has 1 aliphatic heterocycles.